The Labute approximate surface area is 124 Å². The first-order valence-electron chi connectivity index (χ1n) is 8.61. The zero-order chi connectivity index (χ0) is 14.4. The van der Waals surface area contributed by atoms with E-state index >= 15 is 0 Å². The fraction of sp³-hybridized carbons (Fsp3) is 1.00. The van der Waals surface area contributed by atoms with Crippen molar-refractivity contribution in [2.24, 2.45) is 17.1 Å². The average molecular weight is 279 g/mol. The minimum atomic E-state index is 0.310. The molecule has 0 aromatic heterocycles. The third kappa shape index (κ3) is 2.53. The van der Waals surface area contributed by atoms with Gasteiger partial charge in [-0.1, -0.05) is 13.8 Å². The second-order valence-corrected chi connectivity index (χ2v) is 8.45. The Morgan fingerprint density at radius 2 is 1.95 bits per heavy atom. The molecule has 3 heteroatoms. The summed E-state index contributed by atoms with van der Waals surface area (Å²) in [6.07, 6.45) is 8.10. The molecule has 3 fully saturated rings. The van der Waals surface area contributed by atoms with E-state index < -0.39 is 0 Å². The van der Waals surface area contributed by atoms with E-state index in [1.54, 1.807) is 0 Å². The SMILES string of the molecule is CN1CCCC2CN(C3(CN)CCC(C)(C)C3)CCC21. The van der Waals surface area contributed by atoms with E-state index in [2.05, 4.69) is 30.7 Å². The van der Waals surface area contributed by atoms with Gasteiger partial charge in [0.1, 0.15) is 0 Å². The molecule has 3 atom stereocenters. The molecule has 2 saturated heterocycles. The monoisotopic (exact) mass is 279 g/mol. The van der Waals surface area contributed by atoms with Gasteiger partial charge in [0.2, 0.25) is 0 Å². The maximum Gasteiger partial charge on any atom is 0.0337 e. The molecule has 0 spiro atoms. The van der Waals surface area contributed by atoms with E-state index in [1.807, 2.05) is 0 Å². The maximum atomic E-state index is 6.26. The molecule has 116 valence electrons. The topological polar surface area (TPSA) is 32.5 Å². The summed E-state index contributed by atoms with van der Waals surface area (Å²) in [6, 6.07) is 0.837. The molecular weight excluding hydrogens is 246 g/mol. The van der Waals surface area contributed by atoms with Crippen molar-refractivity contribution < 1.29 is 0 Å². The second-order valence-electron chi connectivity index (χ2n) is 8.45. The van der Waals surface area contributed by atoms with Gasteiger partial charge in [-0.15, -0.1) is 0 Å². The largest absolute Gasteiger partial charge is 0.329 e. The van der Waals surface area contributed by atoms with Crippen molar-refractivity contribution in [2.75, 3.05) is 33.2 Å². The van der Waals surface area contributed by atoms with E-state index in [0.717, 1.165) is 18.5 Å². The van der Waals surface area contributed by atoms with Crippen molar-refractivity contribution in [2.45, 2.75) is 64.0 Å². The highest BCUT2D eigenvalue weighted by Gasteiger charge is 2.48. The van der Waals surface area contributed by atoms with Gasteiger partial charge in [0.25, 0.3) is 0 Å². The van der Waals surface area contributed by atoms with Crippen molar-refractivity contribution in [1.82, 2.24) is 9.80 Å². The predicted octanol–water partition coefficient (Wildman–Crippen LogP) is 2.31. The first-order chi connectivity index (χ1) is 9.46. The van der Waals surface area contributed by atoms with Gasteiger partial charge in [0, 0.05) is 31.2 Å². The fourth-order valence-electron chi connectivity index (χ4n) is 5.30. The number of likely N-dealkylation sites (tertiary alicyclic amines) is 2. The molecule has 2 N–H and O–H groups in total. The number of hydrogen-bond acceptors (Lipinski definition) is 3. The van der Waals surface area contributed by atoms with Crippen LogP contribution in [0.4, 0.5) is 0 Å². The lowest BCUT2D eigenvalue weighted by molar-refractivity contribution is -0.0153. The minimum Gasteiger partial charge on any atom is -0.329 e. The summed E-state index contributed by atoms with van der Waals surface area (Å²) >= 11 is 0. The Morgan fingerprint density at radius 3 is 2.60 bits per heavy atom. The second kappa shape index (κ2) is 5.26. The van der Waals surface area contributed by atoms with E-state index in [1.165, 1.54) is 58.2 Å². The molecule has 3 aliphatic rings. The smallest absolute Gasteiger partial charge is 0.0337 e. The Balaban J connectivity index is 1.72. The van der Waals surface area contributed by atoms with Crippen LogP contribution >= 0.6 is 0 Å². The van der Waals surface area contributed by atoms with Gasteiger partial charge in [-0.05, 0) is 63.5 Å². The molecule has 3 rings (SSSR count). The highest BCUT2D eigenvalue weighted by molar-refractivity contribution is 5.04. The van der Waals surface area contributed by atoms with Crippen LogP contribution in [0.2, 0.25) is 0 Å². The van der Waals surface area contributed by atoms with Crippen LogP contribution in [-0.2, 0) is 0 Å². The summed E-state index contributed by atoms with van der Waals surface area (Å²) in [5.74, 6) is 0.884. The first-order valence-corrected chi connectivity index (χ1v) is 8.61. The Bertz CT molecular complexity index is 354. The first kappa shape index (κ1) is 14.8. The summed E-state index contributed by atoms with van der Waals surface area (Å²) in [6.45, 7) is 9.55. The van der Waals surface area contributed by atoms with Gasteiger partial charge in [-0.3, -0.25) is 4.90 Å². The summed E-state index contributed by atoms with van der Waals surface area (Å²) < 4.78 is 0. The number of nitrogens with zero attached hydrogens (tertiary/aromatic N) is 2. The van der Waals surface area contributed by atoms with Crippen molar-refractivity contribution in [3.05, 3.63) is 0 Å². The molecule has 2 heterocycles. The molecule has 1 saturated carbocycles. The molecule has 0 amide bonds. The molecule has 0 aromatic carbocycles. The molecule has 0 bridgehead atoms. The Morgan fingerprint density at radius 1 is 1.15 bits per heavy atom. The Hall–Kier alpha value is -0.120. The lowest BCUT2D eigenvalue weighted by Crippen LogP contribution is -2.61. The van der Waals surface area contributed by atoms with Crippen molar-refractivity contribution in [1.29, 1.82) is 0 Å². The zero-order valence-corrected chi connectivity index (χ0v) is 13.7. The van der Waals surface area contributed by atoms with E-state index in [0.29, 0.717) is 11.0 Å². The highest BCUT2D eigenvalue weighted by Crippen LogP contribution is 2.47. The van der Waals surface area contributed by atoms with Gasteiger partial charge in [-0.2, -0.15) is 0 Å². The average Bonchev–Trinajstić information content (AvgIpc) is 2.76. The van der Waals surface area contributed by atoms with Crippen LogP contribution in [-0.4, -0.2) is 54.6 Å². The lowest BCUT2D eigenvalue weighted by atomic mass is 9.80. The van der Waals surface area contributed by atoms with Gasteiger partial charge in [0.05, 0.1) is 0 Å². The van der Waals surface area contributed by atoms with Crippen LogP contribution < -0.4 is 5.73 Å². The number of piperidine rings is 2. The predicted molar refractivity (Wildman–Crippen MR) is 84.7 cm³/mol. The highest BCUT2D eigenvalue weighted by atomic mass is 15.3. The van der Waals surface area contributed by atoms with Crippen molar-refractivity contribution in [3.8, 4) is 0 Å². The zero-order valence-electron chi connectivity index (χ0n) is 13.7. The maximum absolute atomic E-state index is 6.26. The number of hydrogen-bond donors (Lipinski definition) is 1. The van der Waals surface area contributed by atoms with Crippen LogP contribution in [0.1, 0.15) is 52.4 Å². The summed E-state index contributed by atoms with van der Waals surface area (Å²) in [5.41, 5.74) is 7.06. The van der Waals surface area contributed by atoms with Crippen LogP contribution in [0.3, 0.4) is 0 Å². The van der Waals surface area contributed by atoms with Crippen molar-refractivity contribution >= 4 is 0 Å². The molecule has 2 aliphatic heterocycles. The minimum absolute atomic E-state index is 0.310. The molecular formula is C17H33N3. The summed E-state index contributed by atoms with van der Waals surface area (Å²) in [7, 11) is 2.32. The van der Waals surface area contributed by atoms with Crippen LogP contribution in [0.25, 0.3) is 0 Å². The van der Waals surface area contributed by atoms with Crippen LogP contribution in [0.15, 0.2) is 0 Å². The van der Waals surface area contributed by atoms with E-state index in [9.17, 15) is 0 Å². The lowest BCUT2D eigenvalue weighted by Gasteiger charge is -2.51. The quantitative estimate of drug-likeness (QED) is 0.842. The molecule has 3 nitrogen and oxygen atoms in total. The number of rotatable bonds is 2. The third-order valence-corrected chi connectivity index (χ3v) is 6.47. The standard InChI is InChI=1S/C17H33N3/c1-16(2)7-8-17(12-16,13-18)20-10-6-15-14(11-20)5-4-9-19(15)3/h14-15H,4-13,18H2,1-3H3. The number of nitrogens with two attached hydrogens (primary N) is 1. The van der Waals surface area contributed by atoms with Gasteiger partial charge in [0.15, 0.2) is 0 Å². The molecule has 1 aliphatic carbocycles. The van der Waals surface area contributed by atoms with E-state index in [4.69, 9.17) is 5.73 Å². The summed E-state index contributed by atoms with van der Waals surface area (Å²) in [4.78, 5) is 5.40. The van der Waals surface area contributed by atoms with Crippen molar-refractivity contribution in [3.63, 3.8) is 0 Å². The van der Waals surface area contributed by atoms with Gasteiger partial charge >= 0.3 is 0 Å². The molecule has 3 unspecified atom stereocenters. The summed E-state index contributed by atoms with van der Waals surface area (Å²) in [5, 5.41) is 0. The van der Waals surface area contributed by atoms with Crippen LogP contribution in [0.5, 0.6) is 0 Å². The molecule has 0 aromatic rings. The van der Waals surface area contributed by atoms with Crippen LogP contribution in [0, 0.1) is 11.3 Å². The normalized spacial score (nSPS) is 42.6. The molecule has 20 heavy (non-hydrogen) atoms. The fourth-order valence-corrected chi connectivity index (χ4v) is 5.30. The van der Waals surface area contributed by atoms with Gasteiger partial charge < -0.3 is 10.6 Å². The third-order valence-electron chi connectivity index (χ3n) is 6.47. The molecule has 0 radical (unpaired) electrons. The number of fused-ring (bicyclic) bond motifs is 1. The Kier molecular flexibility index (Phi) is 3.89. The van der Waals surface area contributed by atoms with E-state index in [-0.39, 0.29) is 0 Å². The van der Waals surface area contributed by atoms with Gasteiger partial charge in [-0.25, -0.2) is 0 Å².